The average Bonchev–Trinajstić information content (AvgIpc) is 3.07. The molecule has 2 aromatic carbocycles. The summed E-state index contributed by atoms with van der Waals surface area (Å²) in [5.74, 6) is -0.0501. The third kappa shape index (κ3) is 3.54. The summed E-state index contributed by atoms with van der Waals surface area (Å²) in [6, 6.07) is 9.90. The van der Waals surface area contributed by atoms with Crippen LogP contribution in [-0.2, 0) is 21.3 Å². The van der Waals surface area contributed by atoms with Crippen molar-refractivity contribution in [3.63, 3.8) is 0 Å². The molecule has 0 radical (unpaired) electrons. The molecular formula is C23H25N3O3S. The Bertz CT molecular complexity index is 1280. The van der Waals surface area contributed by atoms with Crippen molar-refractivity contribution in [2.24, 2.45) is 0 Å². The van der Waals surface area contributed by atoms with Gasteiger partial charge in [0.05, 0.1) is 22.9 Å². The van der Waals surface area contributed by atoms with Crippen LogP contribution in [0.3, 0.4) is 0 Å². The van der Waals surface area contributed by atoms with Gasteiger partial charge in [0.15, 0.2) is 9.84 Å². The number of hydrogen-bond acceptors (Lipinski definition) is 4. The lowest BCUT2D eigenvalue weighted by atomic mass is 9.99. The maximum absolute atomic E-state index is 13.2. The van der Waals surface area contributed by atoms with Crippen LogP contribution in [0.1, 0.15) is 49.4 Å². The largest absolute Gasteiger partial charge is 0.306 e. The summed E-state index contributed by atoms with van der Waals surface area (Å²) < 4.78 is 26.1. The van der Waals surface area contributed by atoms with Crippen molar-refractivity contribution in [3.05, 3.63) is 75.0 Å². The van der Waals surface area contributed by atoms with Gasteiger partial charge in [0.25, 0.3) is 5.91 Å². The highest BCUT2D eigenvalue weighted by Gasteiger charge is 2.33. The Labute approximate surface area is 176 Å². The van der Waals surface area contributed by atoms with E-state index in [-0.39, 0.29) is 17.4 Å². The number of aromatic nitrogens is 2. The Morgan fingerprint density at radius 3 is 2.20 bits per heavy atom. The number of aryl methyl sites for hydroxylation is 5. The summed E-state index contributed by atoms with van der Waals surface area (Å²) in [6.45, 7) is 9.80. The van der Waals surface area contributed by atoms with Crippen LogP contribution in [0.15, 0.2) is 30.3 Å². The first-order valence-electron chi connectivity index (χ1n) is 9.84. The first-order valence-corrected chi connectivity index (χ1v) is 11.7. The molecule has 1 aliphatic rings. The predicted octanol–water partition coefficient (Wildman–Crippen LogP) is 4.10. The van der Waals surface area contributed by atoms with Crippen molar-refractivity contribution in [2.75, 3.05) is 5.32 Å². The molecule has 0 saturated carbocycles. The van der Waals surface area contributed by atoms with Crippen LogP contribution in [0.4, 0.5) is 5.82 Å². The normalized spacial score (nSPS) is 14.6. The summed E-state index contributed by atoms with van der Waals surface area (Å²) in [7, 11) is -3.25. The molecule has 3 aromatic rings. The molecule has 156 valence electrons. The third-order valence-corrected chi connectivity index (χ3v) is 6.95. The number of sulfone groups is 1. The highest BCUT2D eigenvalue weighted by molar-refractivity contribution is 7.90. The third-order valence-electron chi connectivity index (χ3n) is 5.50. The van der Waals surface area contributed by atoms with Gasteiger partial charge in [-0.05, 0) is 57.4 Å². The first-order chi connectivity index (χ1) is 14.1. The van der Waals surface area contributed by atoms with E-state index in [4.69, 9.17) is 0 Å². The number of carbonyl (C=O) groups excluding carboxylic acids is 1. The van der Waals surface area contributed by atoms with Crippen molar-refractivity contribution in [3.8, 4) is 5.69 Å². The molecule has 0 saturated heterocycles. The number of rotatable bonds is 3. The van der Waals surface area contributed by atoms with Gasteiger partial charge in [-0.15, -0.1) is 0 Å². The fourth-order valence-electron chi connectivity index (χ4n) is 4.30. The van der Waals surface area contributed by atoms with E-state index in [1.54, 1.807) is 4.68 Å². The molecular weight excluding hydrogens is 398 g/mol. The van der Waals surface area contributed by atoms with Gasteiger partial charge in [0.1, 0.15) is 5.82 Å². The highest BCUT2D eigenvalue weighted by atomic mass is 32.2. The summed E-state index contributed by atoms with van der Waals surface area (Å²) in [5, 5.41) is 7.56. The molecule has 0 bridgehead atoms. The monoisotopic (exact) mass is 423 g/mol. The van der Waals surface area contributed by atoms with E-state index in [2.05, 4.69) is 10.4 Å². The fraction of sp³-hybridized carbons (Fsp3) is 0.304. The molecule has 0 spiro atoms. The summed E-state index contributed by atoms with van der Waals surface area (Å²) >= 11 is 0. The second-order valence-corrected chi connectivity index (χ2v) is 10.3. The summed E-state index contributed by atoms with van der Waals surface area (Å²) in [5.41, 5.74) is 7.47. The predicted molar refractivity (Wildman–Crippen MR) is 118 cm³/mol. The zero-order valence-electron chi connectivity index (χ0n) is 17.8. The van der Waals surface area contributed by atoms with Gasteiger partial charge in [-0.3, -0.25) is 4.79 Å². The fourth-order valence-corrected chi connectivity index (χ4v) is 5.79. The van der Waals surface area contributed by atoms with E-state index >= 15 is 0 Å². The molecule has 7 heteroatoms. The lowest BCUT2D eigenvalue weighted by Crippen LogP contribution is -2.19. The molecule has 1 amide bonds. The zero-order chi connectivity index (χ0) is 21.8. The number of nitrogens with zero attached hydrogens (tertiary/aromatic N) is 2. The summed E-state index contributed by atoms with van der Waals surface area (Å²) in [6.07, 6.45) is 0. The van der Waals surface area contributed by atoms with E-state index in [0.717, 1.165) is 33.5 Å². The Morgan fingerprint density at radius 1 is 0.933 bits per heavy atom. The second-order valence-electron chi connectivity index (χ2n) is 8.24. The zero-order valence-corrected chi connectivity index (χ0v) is 18.6. The van der Waals surface area contributed by atoms with Crippen LogP contribution >= 0.6 is 0 Å². The number of hydrogen-bond donors (Lipinski definition) is 1. The van der Waals surface area contributed by atoms with Crippen LogP contribution in [0.5, 0.6) is 0 Å². The van der Waals surface area contributed by atoms with Gasteiger partial charge in [0, 0.05) is 11.1 Å². The van der Waals surface area contributed by atoms with E-state index in [0.29, 0.717) is 22.6 Å². The molecule has 1 N–H and O–H groups in total. The van der Waals surface area contributed by atoms with Gasteiger partial charge < -0.3 is 5.32 Å². The smallest absolute Gasteiger partial charge is 0.257 e. The van der Waals surface area contributed by atoms with Crippen molar-refractivity contribution in [1.82, 2.24) is 9.78 Å². The minimum atomic E-state index is -3.25. The molecule has 30 heavy (non-hydrogen) atoms. The Morgan fingerprint density at radius 2 is 1.57 bits per heavy atom. The van der Waals surface area contributed by atoms with Crippen LogP contribution in [0.25, 0.3) is 5.69 Å². The van der Waals surface area contributed by atoms with E-state index in [1.807, 2.05) is 65.0 Å². The maximum atomic E-state index is 13.2. The number of fused-ring (bicyclic) bond motifs is 1. The quantitative estimate of drug-likeness (QED) is 0.688. The molecule has 0 unspecified atom stereocenters. The Balaban J connectivity index is 1.84. The Kier molecular flexibility index (Phi) is 4.81. The number of benzene rings is 2. The first kappa shape index (κ1) is 20.3. The lowest BCUT2D eigenvalue weighted by molar-refractivity contribution is 0.102. The molecule has 4 rings (SSSR count). The number of nitrogens with one attached hydrogen (secondary N) is 1. The van der Waals surface area contributed by atoms with Crippen molar-refractivity contribution in [1.29, 1.82) is 0 Å². The van der Waals surface area contributed by atoms with E-state index in [1.165, 1.54) is 0 Å². The van der Waals surface area contributed by atoms with Crippen LogP contribution in [0.2, 0.25) is 0 Å². The Hall–Kier alpha value is -2.93. The number of amides is 1. The lowest BCUT2D eigenvalue weighted by Gasteiger charge is -2.15. The van der Waals surface area contributed by atoms with Crippen LogP contribution < -0.4 is 5.32 Å². The minimum absolute atomic E-state index is 0.105. The van der Waals surface area contributed by atoms with Crippen LogP contribution in [0, 0.1) is 34.6 Å². The topological polar surface area (TPSA) is 81.1 Å². The standard InChI is InChI=1S/C23H25N3O3S/c1-13-6-7-20(15(3)8-13)26-22(18-11-30(28,29)12-19(18)25-26)24-23(27)21-16(4)9-14(2)10-17(21)5/h6-10H,11-12H2,1-5H3,(H,24,27). The van der Waals surface area contributed by atoms with Crippen LogP contribution in [-0.4, -0.2) is 24.1 Å². The number of carbonyl (C=O) groups is 1. The maximum Gasteiger partial charge on any atom is 0.257 e. The molecule has 0 aliphatic carbocycles. The van der Waals surface area contributed by atoms with E-state index in [9.17, 15) is 13.2 Å². The molecule has 1 aliphatic heterocycles. The molecule has 6 nitrogen and oxygen atoms in total. The second kappa shape index (κ2) is 7.09. The molecule has 0 fully saturated rings. The van der Waals surface area contributed by atoms with E-state index < -0.39 is 9.84 Å². The van der Waals surface area contributed by atoms with Gasteiger partial charge in [-0.1, -0.05) is 35.4 Å². The van der Waals surface area contributed by atoms with Gasteiger partial charge in [-0.2, -0.15) is 5.10 Å². The SMILES string of the molecule is Cc1ccc(-n2nc3c(c2NC(=O)c2c(C)cc(C)cc2C)CS(=O)(=O)C3)c(C)c1. The highest BCUT2D eigenvalue weighted by Crippen LogP contribution is 2.34. The van der Waals surface area contributed by atoms with Crippen molar-refractivity contribution < 1.29 is 13.2 Å². The average molecular weight is 424 g/mol. The van der Waals surface area contributed by atoms with Crippen molar-refractivity contribution in [2.45, 2.75) is 46.1 Å². The van der Waals surface area contributed by atoms with Gasteiger partial charge >= 0.3 is 0 Å². The molecule has 0 atom stereocenters. The number of anilines is 1. The van der Waals surface area contributed by atoms with Crippen molar-refractivity contribution >= 4 is 21.6 Å². The molecule has 2 heterocycles. The van der Waals surface area contributed by atoms with Gasteiger partial charge in [-0.25, -0.2) is 13.1 Å². The minimum Gasteiger partial charge on any atom is -0.306 e. The molecule has 1 aromatic heterocycles. The summed E-state index contributed by atoms with van der Waals surface area (Å²) in [4.78, 5) is 13.2. The van der Waals surface area contributed by atoms with Gasteiger partial charge in [0.2, 0.25) is 0 Å².